The van der Waals surface area contributed by atoms with E-state index in [-0.39, 0.29) is 17.6 Å². The highest BCUT2D eigenvalue weighted by atomic mass is 16.4. The molecule has 0 heterocycles. The van der Waals surface area contributed by atoms with Crippen LogP contribution in [0.4, 0.5) is 0 Å². The molecule has 0 aliphatic heterocycles. The normalized spacial score (nSPS) is 20.8. The minimum atomic E-state index is -0.938. The monoisotopic (exact) mass is 168 g/mol. The van der Waals surface area contributed by atoms with Crippen molar-refractivity contribution in [3.8, 4) is 0 Å². The number of carboxylic acids is 1. The van der Waals surface area contributed by atoms with Crippen molar-refractivity contribution in [2.45, 2.75) is 26.7 Å². The molecule has 0 atom stereocenters. The Kier molecular flexibility index (Phi) is 2.04. The molecule has 0 radical (unpaired) electrons. The number of carbonyl (C=O) groups is 2. The van der Waals surface area contributed by atoms with E-state index in [1.165, 1.54) is 0 Å². The molecule has 0 unspecified atom stereocenters. The minimum absolute atomic E-state index is 0.0256. The van der Waals surface area contributed by atoms with Crippen molar-refractivity contribution in [2.24, 2.45) is 5.41 Å². The molecule has 1 rings (SSSR count). The molecule has 0 aromatic carbocycles. The average molecular weight is 168 g/mol. The molecule has 0 spiro atoms. The Morgan fingerprint density at radius 3 is 2.58 bits per heavy atom. The van der Waals surface area contributed by atoms with Gasteiger partial charge in [-0.15, -0.1) is 0 Å². The third-order valence-electron chi connectivity index (χ3n) is 1.88. The number of hydrogen-bond acceptors (Lipinski definition) is 2. The van der Waals surface area contributed by atoms with E-state index in [2.05, 4.69) is 0 Å². The Morgan fingerprint density at radius 2 is 2.25 bits per heavy atom. The first-order valence-electron chi connectivity index (χ1n) is 3.87. The number of ketones is 1. The van der Waals surface area contributed by atoms with Crippen LogP contribution in [0.2, 0.25) is 0 Å². The number of Topliss-reactive ketones (excluding diaryl/α,β-unsaturated/α-hetero) is 1. The molecule has 0 bridgehead atoms. The fourth-order valence-corrected chi connectivity index (χ4v) is 1.44. The molecule has 1 aliphatic carbocycles. The number of hydrogen-bond donors (Lipinski definition) is 1. The summed E-state index contributed by atoms with van der Waals surface area (Å²) in [7, 11) is 0. The Hall–Kier alpha value is -1.12. The first kappa shape index (κ1) is 8.97. The van der Waals surface area contributed by atoms with Gasteiger partial charge >= 0.3 is 5.97 Å². The van der Waals surface area contributed by atoms with Gasteiger partial charge in [0.1, 0.15) is 0 Å². The van der Waals surface area contributed by atoms with Crippen LogP contribution >= 0.6 is 0 Å². The van der Waals surface area contributed by atoms with Crippen LogP contribution in [0.1, 0.15) is 26.7 Å². The van der Waals surface area contributed by atoms with Gasteiger partial charge in [0.05, 0.1) is 6.42 Å². The van der Waals surface area contributed by atoms with Crippen LogP contribution in [0.3, 0.4) is 0 Å². The van der Waals surface area contributed by atoms with Crippen molar-refractivity contribution in [3.05, 3.63) is 11.6 Å². The van der Waals surface area contributed by atoms with Gasteiger partial charge in [0.25, 0.3) is 0 Å². The number of carbonyl (C=O) groups excluding carboxylic acids is 1. The lowest BCUT2D eigenvalue weighted by molar-refractivity contribution is -0.136. The van der Waals surface area contributed by atoms with Gasteiger partial charge in [0.2, 0.25) is 0 Å². The summed E-state index contributed by atoms with van der Waals surface area (Å²) in [6.45, 7) is 3.86. The predicted octanol–water partition coefficient (Wildman–Crippen LogP) is 1.39. The van der Waals surface area contributed by atoms with Gasteiger partial charge in [-0.3, -0.25) is 9.59 Å². The van der Waals surface area contributed by atoms with Gasteiger partial charge < -0.3 is 5.11 Å². The van der Waals surface area contributed by atoms with E-state index in [4.69, 9.17) is 5.11 Å². The number of rotatable bonds is 2. The van der Waals surface area contributed by atoms with E-state index < -0.39 is 5.97 Å². The summed E-state index contributed by atoms with van der Waals surface area (Å²) in [6, 6.07) is 0. The topological polar surface area (TPSA) is 54.4 Å². The first-order valence-corrected chi connectivity index (χ1v) is 3.87. The fraction of sp³-hybridized carbons (Fsp3) is 0.556. The molecule has 0 saturated heterocycles. The van der Waals surface area contributed by atoms with E-state index in [9.17, 15) is 9.59 Å². The molecule has 0 aromatic heterocycles. The maximum atomic E-state index is 11.2. The second-order valence-electron chi connectivity index (χ2n) is 3.83. The summed E-state index contributed by atoms with van der Waals surface area (Å²) in [4.78, 5) is 21.5. The highest BCUT2D eigenvalue weighted by Gasteiger charge is 2.30. The first-order chi connectivity index (χ1) is 5.41. The highest BCUT2D eigenvalue weighted by molar-refractivity contribution is 6.01. The zero-order chi connectivity index (χ0) is 9.35. The smallest absolute Gasteiger partial charge is 0.307 e. The van der Waals surface area contributed by atoms with Gasteiger partial charge in [-0.1, -0.05) is 19.9 Å². The largest absolute Gasteiger partial charge is 0.481 e. The maximum absolute atomic E-state index is 11.2. The van der Waals surface area contributed by atoms with E-state index >= 15 is 0 Å². The lowest BCUT2D eigenvalue weighted by Crippen LogP contribution is -2.06. The van der Waals surface area contributed by atoms with Gasteiger partial charge in [-0.25, -0.2) is 0 Å². The van der Waals surface area contributed by atoms with Crippen molar-refractivity contribution in [1.82, 2.24) is 0 Å². The van der Waals surface area contributed by atoms with Gasteiger partial charge in [-0.05, 0) is 5.41 Å². The molecular formula is C9H12O3. The van der Waals surface area contributed by atoms with Crippen LogP contribution in [-0.2, 0) is 9.59 Å². The van der Waals surface area contributed by atoms with Crippen LogP contribution in [0.5, 0.6) is 0 Å². The van der Waals surface area contributed by atoms with E-state index in [1.807, 2.05) is 13.8 Å². The summed E-state index contributed by atoms with van der Waals surface area (Å²) in [5.74, 6) is -0.963. The molecule has 3 heteroatoms. The Bertz CT molecular complexity index is 261. The third kappa shape index (κ3) is 1.94. The molecule has 66 valence electrons. The molecule has 1 N–H and O–H groups in total. The predicted molar refractivity (Wildman–Crippen MR) is 43.7 cm³/mol. The standard InChI is InChI=1S/C9H12O3/c1-9(2)4-6(3-8(11)12)7(10)5-9/h4H,3,5H2,1-2H3,(H,11,12). The average Bonchev–Trinajstić information content (AvgIpc) is 2.03. The molecular weight excluding hydrogens is 156 g/mol. The van der Waals surface area contributed by atoms with Crippen LogP contribution in [-0.4, -0.2) is 16.9 Å². The van der Waals surface area contributed by atoms with Crippen LogP contribution in [0, 0.1) is 5.41 Å². The second kappa shape index (κ2) is 2.73. The second-order valence-corrected chi connectivity index (χ2v) is 3.83. The van der Waals surface area contributed by atoms with E-state index in [1.54, 1.807) is 6.08 Å². The zero-order valence-corrected chi connectivity index (χ0v) is 7.26. The number of allylic oxidation sites excluding steroid dienone is 1. The Balaban J connectivity index is 2.77. The van der Waals surface area contributed by atoms with Gasteiger partial charge in [-0.2, -0.15) is 0 Å². The summed E-state index contributed by atoms with van der Waals surface area (Å²) < 4.78 is 0. The van der Waals surface area contributed by atoms with Crippen LogP contribution < -0.4 is 0 Å². The lowest BCUT2D eigenvalue weighted by atomic mass is 9.93. The summed E-state index contributed by atoms with van der Waals surface area (Å²) in [5, 5.41) is 8.47. The minimum Gasteiger partial charge on any atom is -0.481 e. The van der Waals surface area contributed by atoms with Crippen molar-refractivity contribution in [3.63, 3.8) is 0 Å². The Labute approximate surface area is 71.1 Å². The lowest BCUT2D eigenvalue weighted by Gasteiger charge is -2.10. The fourth-order valence-electron chi connectivity index (χ4n) is 1.44. The molecule has 0 aromatic rings. The van der Waals surface area contributed by atoms with Gasteiger partial charge in [0, 0.05) is 12.0 Å². The molecule has 0 fully saturated rings. The summed E-state index contributed by atoms with van der Waals surface area (Å²) in [6.07, 6.45) is 2.07. The molecule has 1 aliphatic rings. The van der Waals surface area contributed by atoms with Crippen molar-refractivity contribution >= 4 is 11.8 Å². The zero-order valence-electron chi connectivity index (χ0n) is 7.26. The summed E-state index contributed by atoms with van der Waals surface area (Å²) in [5.41, 5.74) is 0.300. The maximum Gasteiger partial charge on any atom is 0.307 e. The van der Waals surface area contributed by atoms with Crippen molar-refractivity contribution in [2.75, 3.05) is 0 Å². The SMILES string of the molecule is CC1(C)C=C(CC(=O)O)C(=O)C1. The molecule has 0 saturated carbocycles. The van der Waals surface area contributed by atoms with Gasteiger partial charge in [0.15, 0.2) is 5.78 Å². The molecule has 12 heavy (non-hydrogen) atoms. The Morgan fingerprint density at radius 1 is 1.67 bits per heavy atom. The molecule has 3 nitrogen and oxygen atoms in total. The van der Waals surface area contributed by atoms with Crippen molar-refractivity contribution in [1.29, 1.82) is 0 Å². The van der Waals surface area contributed by atoms with E-state index in [0.717, 1.165) is 0 Å². The number of carboxylic acid groups (broad SMARTS) is 1. The van der Waals surface area contributed by atoms with Crippen LogP contribution in [0.15, 0.2) is 11.6 Å². The summed E-state index contributed by atoms with van der Waals surface area (Å²) >= 11 is 0. The number of aliphatic carboxylic acids is 1. The van der Waals surface area contributed by atoms with Crippen LogP contribution in [0.25, 0.3) is 0 Å². The third-order valence-corrected chi connectivity index (χ3v) is 1.88. The quantitative estimate of drug-likeness (QED) is 0.677. The molecule has 0 amide bonds. The van der Waals surface area contributed by atoms with E-state index in [0.29, 0.717) is 12.0 Å². The highest BCUT2D eigenvalue weighted by Crippen LogP contribution is 2.33. The van der Waals surface area contributed by atoms with Crippen molar-refractivity contribution < 1.29 is 14.7 Å².